The van der Waals surface area contributed by atoms with Crippen molar-refractivity contribution in [3.63, 3.8) is 0 Å². The molecule has 0 saturated heterocycles. The van der Waals surface area contributed by atoms with E-state index in [0.29, 0.717) is 35.9 Å². The third-order valence-corrected chi connectivity index (χ3v) is 9.70. The summed E-state index contributed by atoms with van der Waals surface area (Å²) in [6.45, 7) is 7.89. The number of aliphatic imine (C=N–C) groups is 1. The molecule has 5 nitrogen and oxygen atoms in total. The van der Waals surface area contributed by atoms with E-state index in [4.69, 9.17) is 9.73 Å². The number of carbonyl (C=O) groups is 2. The summed E-state index contributed by atoms with van der Waals surface area (Å²) < 4.78 is 6.05. The maximum Gasteiger partial charge on any atom is 0.181 e. The Labute approximate surface area is 167 Å². The number of ether oxygens (including phenoxy) is 1. The molecule has 0 bridgehead atoms. The van der Waals surface area contributed by atoms with Gasteiger partial charge in [-0.2, -0.15) is 0 Å². The molecule has 4 fully saturated rings. The summed E-state index contributed by atoms with van der Waals surface area (Å²) in [6.07, 6.45) is 5.50. The lowest BCUT2D eigenvalue weighted by Gasteiger charge is -2.60. The molecular formula is C23H33NO4. The number of aliphatic hydroxyl groups is 1. The number of fused-ring (bicyclic) bond motifs is 7. The number of Topliss-reactive ketones (excluding diaryl/α,β-unsaturated/α-hetero) is 2. The molecule has 5 rings (SSSR count). The molecule has 5 heteroatoms. The number of carbonyl (C=O) groups excluding carboxylic acids is 2. The summed E-state index contributed by atoms with van der Waals surface area (Å²) in [4.78, 5) is 31.4. The highest BCUT2D eigenvalue weighted by Gasteiger charge is 2.74. The zero-order valence-electron chi connectivity index (χ0n) is 17.5. The van der Waals surface area contributed by atoms with Gasteiger partial charge in [-0.25, -0.2) is 4.99 Å². The molecule has 0 aromatic carbocycles. The van der Waals surface area contributed by atoms with Gasteiger partial charge in [-0.1, -0.05) is 13.8 Å². The fraction of sp³-hybridized carbons (Fsp3) is 0.870. The van der Waals surface area contributed by atoms with Crippen molar-refractivity contribution in [2.24, 2.45) is 39.5 Å². The molecule has 4 saturated carbocycles. The van der Waals surface area contributed by atoms with Crippen LogP contribution in [0.1, 0.15) is 72.6 Å². The van der Waals surface area contributed by atoms with Crippen LogP contribution < -0.4 is 0 Å². The van der Waals surface area contributed by atoms with E-state index in [2.05, 4.69) is 13.8 Å². The molecule has 0 spiro atoms. The summed E-state index contributed by atoms with van der Waals surface area (Å²) in [7, 11) is 0. The number of ketones is 2. The van der Waals surface area contributed by atoms with Gasteiger partial charge < -0.3 is 9.84 Å². The summed E-state index contributed by atoms with van der Waals surface area (Å²) in [5.41, 5.74) is -1.35. The van der Waals surface area contributed by atoms with Gasteiger partial charge in [0.1, 0.15) is 11.9 Å². The van der Waals surface area contributed by atoms with Crippen LogP contribution in [0, 0.1) is 34.5 Å². The van der Waals surface area contributed by atoms with E-state index in [0.717, 1.165) is 38.5 Å². The molecule has 0 aromatic rings. The van der Waals surface area contributed by atoms with Gasteiger partial charge >= 0.3 is 0 Å². The molecule has 5 aliphatic rings. The Bertz CT molecular complexity index is 777. The van der Waals surface area contributed by atoms with E-state index in [1.807, 2.05) is 6.92 Å². The minimum Gasteiger partial charge on any atom is -0.475 e. The van der Waals surface area contributed by atoms with Crippen molar-refractivity contribution in [2.75, 3.05) is 0 Å². The molecule has 1 heterocycles. The lowest BCUT2D eigenvalue weighted by molar-refractivity contribution is -0.163. The van der Waals surface area contributed by atoms with Gasteiger partial charge in [0, 0.05) is 24.7 Å². The van der Waals surface area contributed by atoms with E-state index in [1.54, 1.807) is 6.92 Å². The Morgan fingerprint density at radius 1 is 1.21 bits per heavy atom. The van der Waals surface area contributed by atoms with Gasteiger partial charge in [0.25, 0.3) is 0 Å². The molecule has 0 amide bonds. The number of hydrogen-bond donors (Lipinski definition) is 1. The smallest absolute Gasteiger partial charge is 0.181 e. The summed E-state index contributed by atoms with van der Waals surface area (Å²) in [6, 6.07) is 0. The number of rotatable bonds is 1. The maximum atomic E-state index is 13.7. The molecule has 0 aromatic heterocycles. The quantitative estimate of drug-likeness (QED) is 0.749. The van der Waals surface area contributed by atoms with Gasteiger partial charge in [-0.3, -0.25) is 9.59 Å². The van der Waals surface area contributed by atoms with Crippen molar-refractivity contribution < 1.29 is 19.4 Å². The molecule has 28 heavy (non-hydrogen) atoms. The van der Waals surface area contributed by atoms with Crippen LogP contribution in [0.15, 0.2) is 4.99 Å². The second-order valence-corrected chi connectivity index (χ2v) is 10.8. The predicted octanol–water partition coefficient (Wildman–Crippen LogP) is 3.32. The first-order valence-corrected chi connectivity index (χ1v) is 11.1. The van der Waals surface area contributed by atoms with Crippen LogP contribution in [0.5, 0.6) is 0 Å². The maximum absolute atomic E-state index is 13.7. The molecule has 154 valence electrons. The van der Waals surface area contributed by atoms with Gasteiger partial charge in [-0.15, -0.1) is 0 Å². The summed E-state index contributed by atoms with van der Waals surface area (Å²) >= 11 is 0. The zero-order valence-corrected chi connectivity index (χ0v) is 17.5. The van der Waals surface area contributed by atoms with Crippen LogP contribution in [-0.2, 0) is 14.3 Å². The minimum absolute atomic E-state index is 0.0122. The highest BCUT2D eigenvalue weighted by molar-refractivity contribution is 5.96. The van der Waals surface area contributed by atoms with Crippen molar-refractivity contribution in [3.05, 3.63) is 0 Å². The van der Waals surface area contributed by atoms with Crippen LogP contribution in [0.4, 0.5) is 0 Å². The highest BCUT2D eigenvalue weighted by Crippen LogP contribution is 2.69. The monoisotopic (exact) mass is 387 g/mol. The normalized spacial score (nSPS) is 54.8. The molecule has 1 aliphatic heterocycles. The predicted molar refractivity (Wildman–Crippen MR) is 105 cm³/mol. The van der Waals surface area contributed by atoms with Crippen LogP contribution in [0.3, 0.4) is 0 Å². The Kier molecular flexibility index (Phi) is 3.81. The van der Waals surface area contributed by atoms with E-state index >= 15 is 0 Å². The molecule has 0 unspecified atom stereocenters. The zero-order chi connectivity index (χ0) is 20.1. The van der Waals surface area contributed by atoms with Crippen molar-refractivity contribution in [1.82, 2.24) is 0 Å². The third-order valence-electron chi connectivity index (χ3n) is 9.70. The fourth-order valence-electron chi connectivity index (χ4n) is 8.56. The van der Waals surface area contributed by atoms with E-state index in [1.165, 1.54) is 0 Å². The van der Waals surface area contributed by atoms with Gasteiger partial charge in [0.2, 0.25) is 0 Å². The van der Waals surface area contributed by atoms with Crippen LogP contribution in [0.25, 0.3) is 0 Å². The van der Waals surface area contributed by atoms with Crippen LogP contribution in [-0.4, -0.2) is 40.3 Å². The molecule has 1 N–H and O–H groups in total. The first kappa shape index (κ1) is 18.8. The molecular weight excluding hydrogens is 354 g/mol. The number of nitrogens with zero attached hydrogens (tertiary/aromatic N) is 1. The Hall–Kier alpha value is -1.23. The largest absolute Gasteiger partial charge is 0.475 e. The first-order chi connectivity index (χ1) is 13.1. The molecule has 4 aliphatic carbocycles. The SMILES string of the molecule is CC(=O)[C@@]12N=C(C)O[C@@H]1C[C@H]1[C@@H]3CC[C@H]4C[C@@H](O)CC[C@]4(C)[C@H]3C(=O)C[C@@]12C. The van der Waals surface area contributed by atoms with Gasteiger partial charge in [0.05, 0.1) is 6.10 Å². The number of hydrogen-bond acceptors (Lipinski definition) is 5. The standard InChI is InChI=1S/C23H33NO4/c1-12(25)23-19(28-13(2)24-23)10-17-16-6-5-14-9-15(26)7-8-21(14,3)20(16)18(27)11-22(17,23)4/h14-17,19-20,26H,5-11H2,1-4H3/t14-,15-,16-,17-,19+,20+,21-,22-,23+/m0/s1. The summed E-state index contributed by atoms with van der Waals surface area (Å²) in [5, 5.41) is 10.2. The Morgan fingerprint density at radius 2 is 1.96 bits per heavy atom. The average molecular weight is 388 g/mol. The lowest BCUT2D eigenvalue weighted by atomic mass is 9.43. The van der Waals surface area contributed by atoms with E-state index in [9.17, 15) is 14.7 Å². The van der Waals surface area contributed by atoms with Crippen molar-refractivity contribution in [1.29, 1.82) is 0 Å². The fourth-order valence-corrected chi connectivity index (χ4v) is 8.56. The van der Waals surface area contributed by atoms with Gasteiger partial charge in [-0.05, 0) is 68.6 Å². The lowest BCUT2D eigenvalue weighted by Crippen LogP contribution is -2.62. The van der Waals surface area contributed by atoms with Crippen molar-refractivity contribution in [2.45, 2.75) is 90.4 Å². The third kappa shape index (κ3) is 2.04. The second-order valence-electron chi connectivity index (χ2n) is 10.8. The van der Waals surface area contributed by atoms with Crippen LogP contribution in [0.2, 0.25) is 0 Å². The second kappa shape index (κ2) is 5.68. The van der Waals surface area contributed by atoms with E-state index in [-0.39, 0.29) is 29.3 Å². The van der Waals surface area contributed by atoms with E-state index < -0.39 is 11.0 Å². The van der Waals surface area contributed by atoms with Gasteiger partial charge in [0.15, 0.2) is 17.2 Å². The molecule has 9 atom stereocenters. The van der Waals surface area contributed by atoms with Crippen LogP contribution >= 0.6 is 0 Å². The Balaban J connectivity index is 1.57. The summed E-state index contributed by atoms with van der Waals surface area (Å²) in [5.74, 6) is 2.06. The highest BCUT2D eigenvalue weighted by atomic mass is 16.5. The number of aliphatic hydroxyl groups excluding tert-OH is 1. The molecule has 0 radical (unpaired) electrons. The minimum atomic E-state index is -0.886. The Morgan fingerprint density at radius 3 is 2.68 bits per heavy atom. The average Bonchev–Trinajstić information content (AvgIpc) is 3.06. The topological polar surface area (TPSA) is 76.0 Å². The van der Waals surface area contributed by atoms with Crippen molar-refractivity contribution >= 4 is 17.5 Å². The first-order valence-electron chi connectivity index (χ1n) is 11.1. The van der Waals surface area contributed by atoms with Crippen molar-refractivity contribution in [3.8, 4) is 0 Å².